The lowest BCUT2D eigenvalue weighted by atomic mass is 9.96. The van der Waals surface area contributed by atoms with Gasteiger partial charge in [-0.1, -0.05) is 127 Å². The minimum absolute atomic E-state index is 0.476. The van der Waals surface area contributed by atoms with Gasteiger partial charge in [-0.25, -0.2) is 0 Å². The van der Waals surface area contributed by atoms with Crippen LogP contribution in [0.3, 0.4) is 0 Å². The van der Waals surface area contributed by atoms with Crippen LogP contribution in [0, 0.1) is 0 Å². The third kappa shape index (κ3) is 4.40. The molecule has 6 nitrogen and oxygen atoms in total. The molecule has 6 aromatic carbocycles. The van der Waals surface area contributed by atoms with Crippen molar-refractivity contribution in [2.24, 2.45) is 0 Å². The number of hydrogen-bond acceptors (Lipinski definition) is 3. The molecule has 0 bridgehead atoms. The summed E-state index contributed by atoms with van der Waals surface area (Å²) < 4.78 is 5.82. The normalized spacial score (nSPS) is 11.5. The summed E-state index contributed by atoms with van der Waals surface area (Å²) in [5.41, 5.74) is 5.94. The number of rotatable bonds is 6. The maximum atomic E-state index is 5.14. The summed E-state index contributed by atoms with van der Waals surface area (Å²) in [5.74, 6) is 0. The molecular weight excluding hydrogens is 563 g/mol. The van der Waals surface area contributed by atoms with Crippen molar-refractivity contribution in [1.29, 1.82) is 0 Å². The van der Waals surface area contributed by atoms with Crippen LogP contribution in [0.1, 0.15) is 0 Å². The van der Waals surface area contributed by atoms with Gasteiger partial charge in [0, 0.05) is 35.3 Å². The Balaban J connectivity index is 1.18. The van der Waals surface area contributed by atoms with E-state index in [1.807, 2.05) is 32.4 Å². The van der Waals surface area contributed by atoms with Gasteiger partial charge in [-0.15, -0.1) is 0 Å². The molecule has 3 heterocycles. The van der Waals surface area contributed by atoms with Crippen LogP contribution in [0.25, 0.3) is 66.1 Å². The summed E-state index contributed by atoms with van der Waals surface area (Å²) in [6.45, 7) is 0. The molecule has 0 aliphatic heterocycles. The van der Waals surface area contributed by atoms with Crippen LogP contribution in [0.5, 0.6) is 0 Å². The van der Waals surface area contributed by atoms with Crippen molar-refractivity contribution >= 4 is 39.4 Å². The molecule has 0 fully saturated rings. The van der Waals surface area contributed by atoms with E-state index in [4.69, 9.17) is 15.3 Å². The number of nitrogens with zero attached hydrogens (tertiary/aromatic N) is 6. The smallest absolute Gasteiger partial charge is 0.268 e. The van der Waals surface area contributed by atoms with Gasteiger partial charge in [0.15, 0.2) is 0 Å². The zero-order valence-corrected chi connectivity index (χ0v) is 24.8. The van der Waals surface area contributed by atoms with Gasteiger partial charge in [-0.2, -0.15) is 15.3 Å². The minimum atomic E-state index is -0.476. The lowest BCUT2D eigenvalue weighted by Crippen LogP contribution is -2.42. The molecule has 216 valence electrons. The number of fused-ring (bicyclic) bond motifs is 3. The standard InChI is InChI=1S/C39H27BN6/c1-4-16-31-28(10-1)13-7-19-34(31)37-22-25-44(41-37)40(45-26-23-38(42-45)35-20-8-14-29-11-2-5-17-32(29)35)46-27-24-39(43-46)36-21-9-15-30-12-3-6-18-33(30)36/h1-27H. The summed E-state index contributed by atoms with van der Waals surface area (Å²) in [7, 11) is -0.476. The zero-order chi connectivity index (χ0) is 30.5. The van der Waals surface area contributed by atoms with E-state index in [0.717, 1.165) is 33.8 Å². The van der Waals surface area contributed by atoms with Gasteiger partial charge in [-0.05, 0) is 50.5 Å². The van der Waals surface area contributed by atoms with E-state index >= 15 is 0 Å². The van der Waals surface area contributed by atoms with Crippen LogP contribution in [-0.4, -0.2) is 36.2 Å². The first-order chi connectivity index (χ1) is 22.8. The summed E-state index contributed by atoms with van der Waals surface area (Å²) in [5, 5.41) is 22.5. The highest BCUT2D eigenvalue weighted by atomic mass is 15.4. The van der Waals surface area contributed by atoms with Crippen LogP contribution in [0.4, 0.5) is 0 Å². The zero-order valence-electron chi connectivity index (χ0n) is 24.8. The van der Waals surface area contributed by atoms with Crippen molar-refractivity contribution in [2.45, 2.75) is 0 Å². The molecule has 3 aromatic heterocycles. The second-order valence-electron chi connectivity index (χ2n) is 11.5. The van der Waals surface area contributed by atoms with Gasteiger partial charge in [-0.3, -0.25) is 13.8 Å². The third-order valence-electron chi connectivity index (χ3n) is 8.73. The lowest BCUT2D eigenvalue weighted by molar-refractivity contribution is 0.775. The second kappa shape index (κ2) is 10.8. The van der Waals surface area contributed by atoms with E-state index in [1.165, 1.54) is 32.3 Å². The molecule has 0 aliphatic rings. The molecule has 9 rings (SSSR count). The van der Waals surface area contributed by atoms with Crippen LogP contribution >= 0.6 is 0 Å². The predicted octanol–water partition coefficient (Wildman–Crippen LogP) is 8.67. The lowest BCUT2D eigenvalue weighted by Gasteiger charge is -2.14. The molecule has 0 saturated carbocycles. The molecule has 0 saturated heterocycles. The fraction of sp³-hybridized carbons (Fsp3) is 0. The van der Waals surface area contributed by atoms with E-state index in [2.05, 4.69) is 146 Å². The third-order valence-corrected chi connectivity index (χ3v) is 8.73. The van der Waals surface area contributed by atoms with Gasteiger partial charge in [0.05, 0.1) is 17.1 Å². The Hall–Kier alpha value is -6.21. The maximum absolute atomic E-state index is 5.14. The number of hydrogen-bond donors (Lipinski definition) is 0. The summed E-state index contributed by atoms with van der Waals surface area (Å²) in [4.78, 5) is 0. The molecule has 0 atom stereocenters. The van der Waals surface area contributed by atoms with Gasteiger partial charge in [0.1, 0.15) is 0 Å². The van der Waals surface area contributed by atoms with Crippen molar-refractivity contribution in [2.75, 3.05) is 0 Å². The Morgan fingerprint density at radius 1 is 0.326 bits per heavy atom. The minimum Gasteiger partial charge on any atom is -0.268 e. The molecule has 0 spiro atoms. The van der Waals surface area contributed by atoms with Crippen molar-refractivity contribution in [3.63, 3.8) is 0 Å². The second-order valence-corrected chi connectivity index (χ2v) is 11.5. The summed E-state index contributed by atoms with van der Waals surface area (Å²) >= 11 is 0. The Bertz CT molecular complexity index is 2230. The highest BCUT2D eigenvalue weighted by molar-refractivity contribution is 6.52. The largest absolute Gasteiger partial charge is 0.568 e. The molecule has 0 radical (unpaired) electrons. The van der Waals surface area contributed by atoms with Crippen LogP contribution in [0.2, 0.25) is 0 Å². The maximum Gasteiger partial charge on any atom is 0.568 e. The topological polar surface area (TPSA) is 53.5 Å². The Morgan fingerprint density at radius 2 is 0.630 bits per heavy atom. The van der Waals surface area contributed by atoms with Gasteiger partial charge < -0.3 is 0 Å². The summed E-state index contributed by atoms with van der Waals surface area (Å²) in [6, 6.07) is 50.5. The van der Waals surface area contributed by atoms with Gasteiger partial charge in [0.25, 0.3) is 0 Å². The van der Waals surface area contributed by atoms with Crippen molar-refractivity contribution in [3.05, 3.63) is 164 Å². The molecule has 9 aromatic rings. The first kappa shape index (κ1) is 26.2. The van der Waals surface area contributed by atoms with Gasteiger partial charge in [0.2, 0.25) is 0 Å². The first-order valence-corrected chi connectivity index (χ1v) is 15.4. The van der Waals surface area contributed by atoms with Crippen molar-refractivity contribution in [1.82, 2.24) is 29.1 Å². The average molecular weight is 590 g/mol. The van der Waals surface area contributed by atoms with E-state index in [9.17, 15) is 0 Å². The van der Waals surface area contributed by atoms with Gasteiger partial charge >= 0.3 is 7.12 Å². The van der Waals surface area contributed by atoms with Crippen LogP contribution < -0.4 is 0 Å². The fourth-order valence-corrected chi connectivity index (χ4v) is 6.54. The number of benzene rings is 6. The molecular formula is C39H27BN6. The van der Waals surface area contributed by atoms with Crippen molar-refractivity contribution in [3.8, 4) is 33.8 Å². The van der Waals surface area contributed by atoms with Crippen LogP contribution in [-0.2, 0) is 0 Å². The monoisotopic (exact) mass is 590 g/mol. The molecule has 0 unspecified atom stereocenters. The highest BCUT2D eigenvalue weighted by Gasteiger charge is 2.29. The molecule has 7 heteroatoms. The van der Waals surface area contributed by atoms with Crippen LogP contribution in [0.15, 0.2) is 164 Å². The Labute approximate surface area is 265 Å². The molecule has 46 heavy (non-hydrogen) atoms. The highest BCUT2D eigenvalue weighted by Crippen LogP contribution is 2.30. The molecule has 0 aliphatic carbocycles. The SMILES string of the molecule is c1ccc2c(-c3ccn(B(n4ccc(-c5cccc6ccccc56)n4)n4ccc(-c5cccc6ccccc56)n4)n3)cccc2c1. The predicted molar refractivity (Wildman–Crippen MR) is 187 cm³/mol. The summed E-state index contributed by atoms with van der Waals surface area (Å²) in [6.07, 6.45) is 6.04. The quantitative estimate of drug-likeness (QED) is 0.182. The molecule has 0 amide bonds. The van der Waals surface area contributed by atoms with E-state index in [1.54, 1.807) is 0 Å². The van der Waals surface area contributed by atoms with Crippen molar-refractivity contribution < 1.29 is 0 Å². The van der Waals surface area contributed by atoms with E-state index in [0.29, 0.717) is 0 Å². The Morgan fingerprint density at radius 3 is 0.978 bits per heavy atom. The average Bonchev–Trinajstić information content (AvgIpc) is 3.91. The fourth-order valence-electron chi connectivity index (χ4n) is 6.54. The first-order valence-electron chi connectivity index (χ1n) is 15.4. The van der Waals surface area contributed by atoms with E-state index < -0.39 is 7.12 Å². The molecule has 0 N–H and O–H groups in total. The Kier molecular flexibility index (Phi) is 6.13. The van der Waals surface area contributed by atoms with E-state index in [-0.39, 0.29) is 0 Å². The number of aromatic nitrogens is 6.